The predicted molar refractivity (Wildman–Crippen MR) is 198 cm³/mol. The number of fused-ring (bicyclic) bond motifs is 1. The fraction of sp³-hybridized carbons (Fsp3) is 0.410. The molecule has 13 nitrogen and oxygen atoms in total. The number of amides is 4. The van der Waals surface area contributed by atoms with E-state index in [1.54, 1.807) is 30.3 Å². The summed E-state index contributed by atoms with van der Waals surface area (Å²) >= 11 is 0. The Kier molecular flexibility index (Phi) is 12.9. The molecule has 4 atom stereocenters. The summed E-state index contributed by atoms with van der Waals surface area (Å²) in [6.07, 6.45) is 5.49. The van der Waals surface area contributed by atoms with Crippen LogP contribution in [0.3, 0.4) is 0 Å². The number of nitrogens with two attached hydrogens (primary N) is 1. The van der Waals surface area contributed by atoms with E-state index < -0.39 is 79.6 Å². The number of nitrogens with one attached hydrogen (secondary N) is 3. The van der Waals surface area contributed by atoms with Crippen LogP contribution >= 0.6 is 7.60 Å². The smallest absolute Gasteiger partial charge is 0.329 e. The van der Waals surface area contributed by atoms with E-state index in [4.69, 9.17) is 5.73 Å². The zero-order chi connectivity index (χ0) is 38.2. The van der Waals surface area contributed by atoms with Gasteiger partial charge < -0.3 is 36.6 Å². The van der Waals surface area contributed by atoms with Crippen LogP contribution in [0.4, 0.5) is 0 Å². The molecular formula is C39H47N4O9P. The topological polar surface area (TPSA) is 225 Å². The fourth-order valence-corrected chi connectivity index (χ4v) is 8.22. The number of rotatable bonds is 9. The summed E-state index contributed by atoms with van der Waals surface area (Å²) in [5, 5.41) is 20.7. The minimum Gasteiger partial charge on any atom is -0.481 e. The van der Waals surface area contributed by atoms with Gasteiger partial charge in [-0.25, -0.2) is 0 Å². The summed E-state index contributed by atoms with van der Waals surface area (Å²) in [7, 11) is -4.36. The molecule has 1 spiro atoms. The lowest BCUT2D eigenvalue weighted by molar-refractivity contribution is -0.143. The van der Waals surface area contributed by atoms with Crippen LogP contribution in [-0.2, 0) is 41.1 Å². The van der Waals surface area contributed by atoms with E-state index in [2.05, 4.69) is 16.0 Å². The molecule has 1 aliphatic carbocycles. The van der Waals surface area contributed by atoms with Crippen molar-refractivity contribution in [3.63, 3.8) is 0 Å². The molecule has 0 bridgehead atoms. The number of carbonyl (C=O) groups excluding carboxylic acids is 4. The molecule has 0 saturated heterocycles. The fourth-order valence-electron chi connectivity index (χ4n) is 7.54. The number of allylic oxidation sites excluding steroid dienone is 2. The number of primary amides is 1. The zero-order valence-electron chi connectivity index (χ0n) is 29.4. The molecule has 53 heavy (non-hydrogen) atoms. The lowest BCUT2D eigenvalue weighted by Crippen LogP contribution is -2.64. The first-order valence-corrected chi connectivity index (χ1v) is 19.7. The highest BCUT2D eigenvalue weighted by molar-refractivity contribution is 7.50. The van der Waals surface area contributed by atoms with E-state index in [1.807, 2.05) is 48.5 Å². The van der Waals surface area contributed by atoms with Crippen molar-refractivity contribution in [3.05, 3.63) is 95.6 Å². The number of carboxylic acids is 1. The van der Waals surface area contributed by atoms with Crippen LogP contribution in [0.15, 0.2) is 78.9 Å². The molecule has 14 heteroatoms. The summed E-state index contributed by atoms with van der Waals surface area (Å²) in [6.45, 7) is 0.167. The third-order valence-corrected chi connectivity index (χ3v) is 11.0. The predicted octanol–water partition coefficient (Wildman–Crippen LogP) is 3.81. The Morgan fingerprint density at radius 1 is 0.887 bits per heavy atom. The molecule has 0 radical (unpaired) electrons. The van der Waals surface area contributed by atoms with Gasteiger partial charge in [-0.2, -0.15) is 0 Å². The van der Waals surface area contributed by atoms with Crippen LogP contribution < -0.4 is 21.7 Å². The number of aliphatic carboxylic acids is 1. The van der Waals surface area contributed by atoms with Gasteiger partial charge in [-0.05, 0) is 59.1 Å². The first-order valence-electron chi connectivity index (χ1n) is 17.9. The highest BCUT2D eigenvalue weighted by atomic mass is 31.2. The molecule has 3 aromatic rings. The van der Waals surface area contributed by atoms with Gasteiger partial charge in [0.1, 0.15) is 11.6 Å². The molecule has 0 aromatic heterocycles. The van der Waals surface area contributed by atoms with Gasteiger partial charge in [-0.15, -0.1) is 0 Å². The highest BCUT2D eigenvalue weighted by Crippen LogP contribution is 2.40. The van der Waals surface area contributed by atoms with Gasteiger partial charge in [-0.3, -0.25) is 28.5 Å². The van der Waals surface area contributed by atoms with Gasteiger partial charge in [0, 0.05) is 12.5 Å². The van der Waals surface area contributed by atoms with Crippen molar-refractivity contribution in [3.8, 4) is 0 Å². The molecule has 1 saturated carbocycles. The zero-order valence-corrected chi connectivity index (χ0v) is 30.3. The number of benzene rings is 3. The van der Waals surface area contributed by atoms with E-state index in [0.717, 1.165) is 22.8 Å². The van der Waals surface area contributed by atoms with Crippen molar-refractivity contribution in [1.82, 2.24) is 16.0 Å². The Morgan fingerprint density at radius 3 is 2.26 bits per heavy atom. The van der Waals surface area contributed by atoms with Gasteiger partial charge in [0.05, 0.1) is 24.9 Å². The Morgan fingerprint density at radius 2 is 1.58 bits per heavy atom. The molecule has 4 amide bonds. The second-order valence-corrected chi connectivity index (χ2v) is 15.9. The van der Waals surface area contributed by atoms with Gasteiger partial charge in [0.25, 0.3) is 0 Å². The SMILES string of the molecule is NC(=O)C[C@@H]1NC(=O)C2(CCCCC2)NC(=O)[C@@H](CC(=O)O)[C@@H](c2ccc(CP(=O)(O)O)cc2)/C=C/C[C@@H](Cc2cccc3ccccc23)CNC1=O. The largest absolute Gasteiger partial charge is 0.481 e. The Bertz CT molecular complexity index is 1900. The van der Waals surface area contributed by atoms with Crippen LogP contribution in [0.1, 0.15) is 74.0 Å². The Labute approximate surface area is 308 Å². The van der Waals surface area contributed by atoms with Crippen molar-refractivity contribution < 1.29 is 43.4 Å². The number of carboxylic acid groups (broad SMARTS) is 1. The molecular weight excluding hydrogens is 699 g/mol. The van der Waals surface area contributed by atoms with Crippen molar-refractivity contribution in [2.45, 2.75) is 81.4 Å². The molecule has 3 aromatic carbocycles. The van der Waals surface area contributed by atoms with Gasteiger partial charge in [0.15, 0.2) is 0 Å². The van der Waals surface area contributed by atoms with Crippen molar-refractivity contribution in [1.29, 1.82) is 0 Å². The summed E-state index contributed by atoms with van der Waals surface area (Å²) in [6, 6.07) is 18.9. The average Bonchev–Trinajstić information content (AvgIpc) is 3.10. The molecule has 2 aliphatic rings. The monoisotopic (exact) mass is 746 g/mol. The molecule has 5 rings (SSSR count). The third kappa shape index (κ3) is 10.6. The average molecular weight is 747 g/mol. The summed E-state index contributed by atoms with van der Waals surface area (Å²) in [5.41, 5.74) is 6.00. The van der Waals surface area contributed by atoms with Gasteiger partial charge >= 0.3 is 13.6 Å². The number of carbonyl (C=O) groups is 5. The quantitative estimate of drug-likeness (QED) is 0.125. The van der Waals surface area contributed by atoms with E-state index in [0.29, 0.717) is 36.8 Å². The maximum atomic E-state index is 14.4. The number of hydrogen-bond donors (Lipinski definition) is 7. The van der Waals surface area contributed by atoms with Crippen LogP contribution in [0, 0.1) is 11.8 Å². The summed E-state index contributed by atoms with van der Waals surface area (Å²) in [5.74, 6) is -6.14. The lowest BCUT2D eigenvalue weighted by atomic mass is 9.78. The first kappa shape index (κ1) is 39.4. The van der Waals surface area contributed by atoms with E-state index in [1.165, 1.54) is 0 Å². The van der Waals surface area contributed by atoms with E-state index in [9.17, 15) is 43.4 Å². The Balaban J connectivity index is 1.58. The van der Waals surface area contributed by atoms with E-state index >= 15 is 0 Å². The van der Waals surface area contributed by atoms with Crippen LogP contribution in [0.2, 0.25) is 0 Å². The van der Waals surface area contributed by atoms with Crippen LogP contribution in [-0.4, -0.2) is 62.6 Å². The second kappa shape index (κ2) is 17.3. The lowest BCUT2D eigenvalue weighted by Gasteiger charge is -2.39. The Hall–Kier alpha value is -4.84. The molecule has 0 unspecified atom stereocenters. The van der Waals surface area contributed by atoms with Crippen molar-refractivity contribution >= 4 is 48.0 Å². The third-order valence-electron chi connectivity index (χ3n) is 10.2. The van der Waals surface area contributed by atoms with Crippen molar-refractivity contribution in [2.24, 2.45) is 17.6 Å². The highest BCUT2D eigenvalue weighted by Gasteiger charge is 2.44. The van der Waals surface area contributed by atoms with E-state index in [-0.39, 0.29) is 25.3 Å². The van der Waals surface area contributed by atoms with Crippen LogP contribution in [0.25, 0.3) is 10.8 Å². The minimum atomic E-state index is -4.36. The second-order valence-electron chi connectivity index (χ2n) is 14.2. The maximum Gasteiger partial charge on any atom is 0.329 e. The van der Waals surface area contributed by atoms with Crippen molar-refractivity contribution in [2.75, 3.05) is 6.54 Å². The normalized spacial score (nSPS) is 23.5. The molecule has 8 N–H and O–H groups in total. The first-order chi connectivity index (χ1) is 25.2. The summed E-state index contributed by atoms with van der Waals surface area (Å²) < 4.78 is 11.7. The van der Waals surface area contributed by atoms with Gasteiger partial charge in [-0.1, -0.05) is 98.1 Å². The maximum absolute atomic E-state index is 14.4. The minimum absolute atomic E-state index is 0.167. The molecule has 1 fully saturated rings. The summed E-state index contributed by atoms with van der Waals surface area (Å²) in [4.78, 5) is 85.6. The van der Waals surface area contributed by atoms with Crippen LogP contribution in [0.5, 0.6) is 0 Å². The standard InChI is InChI=1S/C39H47N4O9P/c40-34(44)22-33-37(48)41-23-26(20-29-11-7-10-27-9-2-3-12-30(27)29)8-6-13-31(28-16-14-25(15-17-28)24-53(50,51)52)32(21-35(45)46)36(47)43-39(38(49)42-33)18-4-1-5-19-39/h2-3,6-7,9-17,26,31-33H,1,4-5,8,18-24H2,(H2,40,44)(H,41,48)(H,42,49)(H,43,47)(H,45,46)(H2,50,51,52)/b13-6+/t26-,31+,32-,33-/m0/s1. The number of hydrogen-bond acceptors (Lipinski definition) is 6. The molecule has 1 heterocycles. The molecule has 282 valence electrons. The molecule has 1 aliphatic heterocycles. The van der Waals surface area contributed by atoms with Gasteiger partial charge in [0.2, 0.25) is 23.6 Å².